The van der Waals surface area contributed by atoms with Crippen LogP contribution in [0.2, 0.25) is 0 Å². The Morgan fingerprint density at radius 2 is 1.75 bits per heavy atom. The number of rotatable bonds is 3. The Kier molecular flexibility index (Phi) is 4.47. The first-order valence-electron chi connectivity index (χ1n) is 8.52. The van der Waals surface area contributed by atoms with Crippen molar-refractivity contribution in [3.8, 4) is 0 Å². The Morgan fingerprint density at radius 3 is 2.29 bits per heavy atom. The third-order valence-electron chi connectivity index (χ3n) is 5.52. The first-order chi connectivity index (χ1) is 11.2. The quantitative estimate of drug-likeness (QED) is 0.893. The smallest absolute Gasteiger partial charge is 0.231 e. The molecule has 1 aromatic carbocycles. The maximum absolute atomic E-state index is 13.3. The van der Waals surface area contributed by atoms with Crippen molar-refractivity contribution in [1.29, 1.82) is 0 Å². The van der Waals surface area contributed by atoms with Gasteiger partial charge in [-0.1, -0.05) is 30.3 Å². The van der Waals surface area contributed by atoms with Gasteiger partial charge in [0.15, 0.2) is 9.84 Å². The lowest BCUT2D eigenvalue weighted by Gasteiger charge is -2.41. The number of nitrogens with one attached hydrogen (secondary N) is 1. The van der Waals surface area contributed by atoms with E-state index in [2.05, 4.69) is 17.3 Å². The molecule has 1 amide bonds. The molecule has 1 atom stereocenters. The van der Waals surface area contributed by atoms with Crippen LogP contribution in [-0.2, 0) is 20.0 Å². The van der Waals surface area contributed by atoms with E-state index in [0.29, 0.717) is 6.42 Å². The van der Waals surface area contributed by atoms with E-state index in [1.165, 1.54) is 0 Å². The summed E-state index contributed by atoms with van der Waals surface area (Å²) in [4.78, 5) is 15.5. The molecule has 1 N–H and O–H groups in total. The summed E-state index contributed by atoms with van der Waals surface area (Å²) in [7, 11) is -0.979. The minimum absolute atomic E-state index is 0.0265. The van der Waals surface area contributed by atoms with Gasteiger partial charge in [0.25, 0.3) is 0 Å². The molecule has 2 heterocycles. The van der Waals surface area contributed by atoms with E-state index < -0.39 is 20.8 Å². The first kappa shape index (κ1) is 17.4. The van der Waals surface area contributed by atoms with Crippen molar-refractivity contribution in [3.05, 3.63) is 35.9 Å². The van der Waals surface area contributed by atoms with E-state index in [1.54, 1.807) is 0 Å². The summed E-state index contributed by atoms with van der Waals surface area (Å²) in [6, 6.07) is 9.90. The number of amides is 1. The van der Waals surface area contributed by atoms with Crippen molar-refractivity contribution >= 4 is 15.7 Å². The van der Waals surface area contributed by atoms with Crippen molar-refractivity contribution in [1.82, 2.24) is 10.2 Å². The molecule has 3 rings (SSSR count). The van der Waals surface area contributed by atoms with Gasteiger partial charge < -0.3 is 10.2 Å². The topological polar surface area (TPSA) is 66.5 Å². The fourth-order valence-corrected chi connectivity index (χ4v) is 6.00. The van der Waals surface area contributed by atoms with E-state index in [0.717, 1.165) is 31.5 Å². The fraction of sp³-hybridized carbons (Fsp3) is 0.611. The van der Waals surface area contributed by atoms with Crippen molar-refractivity contribution in [2.75, 3.05) is 31.6 Å². The van der Waals surface area contributed by atoms with E-state index in [1.807, 2.05) is 37.3 Å². The van der Waals surface area contributed by atoms with Crippen molar-refractivity contribution in [2.24, 2.45) is 0 Å². The molecule has 5 nitrogen and oxygen atoms in total. The highest BCUT2D eigenvalue weighted by Gasteiger charge is 2.47. The van der Waals surface area contributed by atoms with Crippen LogP contribution in [0.15, 0.2) is 30.3 Å². The zero-order valence-corrected chi connectivity index (χ0v) is 15.2. The summed E-state index contributed by atoms with van der Waals surface area (Å²) in [5.74, 6) is 0.169. The average molecular weight is 350 g/mol. The van der Waals surface area contributed by atoms with Gasteiger partial charge in [0, 0.05) is 0 Å². The molecule has 1 aromatic rings. The van der Waals surface area contributed by atoms with Crippen LogP contribution < -0.4 is 5.32 Å². The minimum Gasteiger partial charge on any atom is -0.349 e. The highest BCUT2D eigenvalue weighted by atomic mass is 32.2. The number of nitrogens with zero attached hydrogens (tertiary/aromatic N) is 1. The molecule has 0 aliphatic carbocycles. The highest BCUT2D eigenvalue weighted by Crippen LogP contribution is 2.37. The number of likely N-dealkylation sites (tertiary alicyclic amines) is 1. The lowest BCUT2D eigenvalue weighted by molar-refractivity contribution is -0.130. The Hall–Kier alpha value is -1.40. The van der Waals surface area contributed by atoms with Gasteiger partial charge in [-0.3, -0.25) is 4.79 Å². The van der Waals surface area contributed by atoms with Gasteiger partial charge in [-0.05, 0) is 51.9 Å². The van der Waals surface area contributed by atoms with E-state index in [4.69, 9.17) is 0 Å². The Balaban J connectivity index is 1.88. The third kappa shape index (κ3) is 3.35. The van der Waals surface area contributed by atoms with Gasteiger partial charge in [-0.15, -0.1) is 0 Å². The maximum atomic E-state index is 13.3. The van der Waals surface area contributed by atoms with Crippen LogP contribution in [0.3, 0.4) is 0 Å². The second kappa shape index (κ2) is 6.15. The molecule has 0 spiro atoms. The maximum Gasteiger partial charge on any atom is 0.231 e. The standard InChI is InChI=1S/C18H26N2O3S/c1-17(10-13-24(22,23)14-17)19-16(21)18(8-11-20(2)12-9-18)15-6-4-3-5-7-15/h3-7H,8-14H2,1-2H3,(H,19,21). The van der Waals surface area contributed by atoms with Crippen LogP contribution in [0.5, 0.6) is 0 Å². The molecule has 2 aliphatic rings. The fourth-order valence-electron chi connectivity index (χ4n) is 3.91. The number of piperidine rings is 1. The second-order valence-corrected chi connectivity index (χ2v) is 9.79. The number of hydrogen-bond acceptors (Lipinski definition) is 4. The highest BCUT2D eigenvalue weighted by molar-refractivity contribution is 7.91. The van der Waals surface area contributed by atoms with Crippen LogP contribution in [0.4, 0.5) is 0 Å². The monoisotopic (exact) mass is 350 g/mol. The molecule has 2 aliphatic heterocycles. The number of benzene rings is 1. The van der Waals surface area contributed by atoms with Gasteiger partial charge in [0.2, 0.25) is 5.91 Å². The lowest BCUT2D eigenvalue weighted by atomic mass is 9.71. The summed E-state index contributed by atoms with van der Waals surface area (Å²) in [6.07, 6.45) is 2.00. The average Bonchev–Trinajstić information content (AvgIpc) is 2.82. The molecule has 6 heteroatoms. The molecule has 132 valence electrons. The van der Waals surface area contributed by atoms with Crippen molar-refractivity contribution in [3.63, 3.8) is 0 Å². The van der Waals surface area contributed by atoms with Gasteiger partial charge in [0.05, 0.1) is 22.5 Å². The third-order valence-corrected chi connectivity index (χ3v) is 7.42. The minimum atomic E-state index is -3.05. The van der Waals surface area contributed by atoms with Gasteiger partial charge in [0.1, 0.15) is 0 Å². The zero-order chi connectivity index (χ0) is 17.4. The van der Waals surface area contributed by atoms with Crippen LogP contribution in [0.25, 0.3) is 0 Å². The van der Waals surface area contributed by atoms with Crippen molar-refractivity contribution < 1.29 is 13.2 Å². The number of carbonyl (C=O) groups is 1. The van der Waals surface area contributed by atoms with E-state index >= 15 is 0 Å². The van der Waals surface area contributed by atoms with Crippen molar-refractivity contribution in [2.45, 2.75) is 37.1 Å². The number of hydrogen-bond donors (Lipinski definition) is 1. The molecule has 0 bridgehead atoms. The molecule has 24 heavy (non-hydrogen) atoms. The zero-order valence-electron chi connectivity index (χ0n) is 14.4. The largest absolute Gasteiger partial charge is 0.349 e. The molecule has 2 saturated heterocycles. The summed E-state index contributed by atoms with van der Waals surface area (Å²) in [6.45, 7) is 3.57. The second-order valence-electron chi connectivity index (χ2n) is 7.61. The summed E-state index contributed by atoms with van der Waals surface area (Å²) in [5, 5.41) is 3.10. The van der Waals surface area contributed by atoms with Crippen LogP contribution in [-0.4, -0.2) is 56.4 Å². The van der Waals surface area contributed by atoms with Gasteiger partial charge >= 0.3 is 0 Å². The SMILES string of the molecule is CN1CCC(C(=O)NC2(C)CCS(=O)(=O)C2)(c2ccccc2)CC1. The summed E-state index contributed by atoms with van der Waals surface area (Å²) < 4.78 is 23.7. The van der Waals surface area contributed by atoms with E-state index in [9.17, 15) is 13.2 Å². The first-order valence-corrected chi connectivity index (χ1v) is 10.3. The summed E-state index contributed by atoms with van der Waals surface area (Å²) >= 11 is 0. The molecule has 0 radical (unpaired) electrons. The van der Waals surface area contributed by atoms with Gasteiger partial charge in [-0.2, -0.15) is 0 Å². The number of carbonyl (C=O) groups excluding carboxylic acids is 1. The predicted octanol–water partition coefficient (Wildman–Crippen LogP) is 1.34. The molecule has 0 saturated carbocycles. The molecule has 2 fully saturated rings. The van der Waals surface area contributed by atoms with Crippen LogP contribution in [0, 0.1) is 0 Å². The molecular weight excluding hydrogens is 324 g/mol. The molecule has 1 unspecified atom stereocenters. The molecule has 0 aromatic heterocycles. The Bertz CT molecular complexity index is 709. The van der Waals surface area contributed by atoms with Crippen LogP contribution >= 0.6 is 0 Å². The van der Waals surface area contributed by atoms with E-state index in [-0.39, 0.29) is 17.4 Å². The number of sulfone groups is 1. The summed E-state index contributed by atoms with van der Waals surface area (Å²) in [5.41, 5.74) is -0.190. The Morgan fingerprint density at radius 1 is 1.12 bits per heavy atom. The van der Waals surface area contributed by atoms with Crippen LogP contribution in [0.1, 0.15) is 31.7 Å². The molecular formula is C18H26N2O3S. The van der Waals surface area contributed by atoms with Gasteiger partial charge in [-0.25, -0.2) is 8.42 Å². The normalized spacial score (nSPS) is 29.2. The predicted molar refractivity (Wildman–Crippen MR) is 94.7 cm³/mol. The Labute approximate surface area is 144 Å². The lowest BCUT2D eigenvalue weighted by Crippen LogP contribution is -2.57.